The first kappa shape index (κ1) is 14.9. The first-order valence-electron chi connectivity index (χ1n) is 7.21. The first-order valence-corrected chi connectivity index (χ1v) is 7.21. The molecule has 0 atom stereocenters. The van der Waals surface area contributed by atoms with Gasteiger partial charge in [0.25, 0.3) is 0 Å². The average molecular weight is 242 g/mol. The molecule has 0 aromatic carbocycles. The van der Waals surface area contributed by atoms with E-state index >= 15 is 0 Å². The fourth-order valence-corrected chi connectivity index (χ4v) is 2.48. The van der Waals surface area contributed by atoms with Crippen molar-refractivity contribution in [2.45, 2.75) is 51.6 Å². The van der Waals surface area contributed by atoms with Gasteiger partial charge < -0.3 is 15.3 Å². The molecule has 2 N–H and O–H groups in total. The van der Waals surface area contributed by atoms with Gasteiger partial charge in [-0.2, -0.15) is 0 Å². The van der Waals surface area contributed by atoms with E-state index in [0.29, 0.717) is 0 Å². The molecule has 0 spiro atoms. The Balaban J connectivity index is 2.08. The Kier molecular flexibility index (Phi) is 6.45. The second-order valence-electron chi connectivity index (χ2n) is 5.64. The number of rotatable bonds is 7. The molecule has 1 rings (SSSR count). The fourth-order valence-electron chi connectivity index (χ4n) is 2.48. The maximum atomic E-state index is 10.1. The van der Waals surface area contributed by atoms with E-state index in [1.807, 2.05) is 0 Å². The van der Waals surface area contributed by atoms with E-state index in [1.165, 1.54) is 32.4 Å². The molecule has 1 aliphatic rings. The van der Waals surface area contributed by atoms with Gasteiger partial charge in [-0.25, -0.2) is 0 Å². The number of piperidine rings is 1. The van der Waals surface area contributed by atoms with Crippen LogP contribution in [0.25, 0.3) is 0 Å². The van der Waals surface area contributed by atoms with Crippen LogP contribution in [0.2, 0.25) is 0 Å². The monoisotopic (exact) mass is 242 g/mol. The van der Waals surface area contributed by atoms with Gasteiger partial charge in [-0.3, -0.25) is 0 Å². The molecule has 3 nitrogen and oxygen atoms in total. The molecule has 0 unspecified atom stereocenters. The van der Waals surface area contributed by atoms with E-state index < -0.39 is 5.60 Å². The highest BCUT2D eigenvalue weighted by atomic mass is 16.3. The van der Waals surface area contributed by atoms with Crippen LogP contribution < -0.4 is 5.32 Å². The summed E-state index contributed by atoms with van der Waals surface area (Å²) in [6.07, 6.45) is 5.61. The summed E-state index contributed by atoms with van der Waals surface area (Å²) in [7, 11) is 2.21. The van der Waals surface area contributed by atoms with Crippen molar-refractivity contribution < 1.29 is 5.11 Å². The quantitative estimate of drug-likeness (QED) is 0.669. The Hall–Kier alpha value is -0.120. The third kappa shape index (κ3) is 5.36. The molecule has 1 fully saturated rings. The van der Waals surface area contributed by atoms with E-state index in [4.69, 9.17) is 0 Å². The number of aliphatic hydroxyl groups is 1. The third-order valence-electron chi connectivity index (χ3n) is 4.34. The third-order valence-corrected chi connectivity index (χ3v) is 4.34. The molecule has 0 saturated carbocycles. The lowest BCUT2D eigenvalue weighted by Crippen LogP contribution is -2.40. The molecule has 0 amide bonds. The Morgan fingerprint density at radius 2 is 1.82 bits per heavy atom. The smallest absolute Gasteiger partial charge is 0.0766 e. The van der Waals surface area contributed by atoms with Crippen LogP contribution >= 0.6 is 0 Å². The molecule has 1 saturated heterocycles. The zero-order valence-electron chi connectivity index (χ0n) is 11.8. The molecule has 0 aromatic rings. The van der Waals surface area contributed by atoms with Gasteiger partial charge in [-0.1, -0.05) is 13.8 Å². The van der Waals surface area contributed by atoms with Crippen LogP contribution in [-0.2, 0) is 0 Å². The van der Waals surface area contributed by atoms with Gasteiger partial charge in [0.2, 0.25) is 0 Å². The lowest BCUT2D eigenvalue weighted by molar-refractivity contribution is 0.0322. The van der Waals surface area contributed by atoms with Gasteiger partial charge in [0.05, 0.1) is 5.60 Å². The minimum atomic E-state index is -0.493. The summed E-state index contributed by atoms with van der Waals surface area (Å²) in [5.41, 5.74) is -0.493. The number of hydrogen-bond donors (Lipinski definition) is 2. The van der Waals surface area contributed by atoms with Crippen molar-refractivity contribution in [2.75, 3.05) is 33.2 Å². The number of nitrogens with zero attached hydrogens (tertiary/aromatic N) is 1. The van der Waals surface area contributed by atoms with E-state index in [-0.39, 0.29) is 0 Å². The summed E-state index contributed by atoms with van der Waals surface area (Å²) < 4.78 is 0. The Bertz CT molecular complexity index is 196. The van der Waals surface area contributed by atoms with Crippen LogP contribution in [0.3, 0.4) is 0 Å². The van der Waals surface area contributed by atoms with Crippen LogP contribution in [-0.4, -0.2) is 48.8 Å². The fraction of sp³-hybridized carbons (Fsp3) is 1.00. The largest absolute Gasteiger partial charge is 0.389 e. The zero-order valence-corrected chi connectivity index (χ0v) is 11.8. The Labute approximate surface area is 107 Å². The first-order chi connectivity index (χ1) is 8.09. The van der Waals surface area contributed by atoms with Gasteiger partial charge in [0, 0.05) is 6.54 Å². The predicted octanol–water partition coefficient (Wildman–Crippen LogP) is 1.86. The summed E-state index contributed by atoms with van der Waals surface area (Å²) in [6.45, 7) is 8.41. The molecular weight excluding hydrogens is 212 g/mol. The average Bonchev–Trinajstić information content (AvgIpc) is 2.36. The second kappa shape index (κ2) is 7.34. The molecule has 3 heteroatoms. The normalized spacial score (nSPS) is 19.8. The molecule has 0 radical (unpaired) electrons. The lowest BCUT2D eigenvalue weighted by Gasteiger charge is -2.30. The highest BCUT2D eigenvalue weighted by molar-refractivity contribution is 4.78. The Morgan fingerprint density at radius 3 is 2.35 bits per heavy atom. The maximum absolute atomic E-state index is 10.1. The molecule has 1 aliphatic heterocycles. The number of nitrogens with one attached hydrogen (secondary N) is 1. The molecule has 0 aliphatic carbocycles. The van der Waals surface area contributed by atoms with Crippen molar-refractivity contribution in [1.82, 2.24) is 10.2 Å². The van der Waals surface area contributed by atoms with Crippen molar-refractivity contribution in [2.24, 2.45) is 5.92 Å². The van der Waals surface area contributed by atoms with Crippen molar-refractivity contribution in [3.63, 3.8) is 0 Å². The van der Waals surface area contributed by atoms with E-state index in [0.717, 1.165) is 31.8 Å². The Morgan fingerprint density at radius 1 is 1.24 bits per heavy atom. The molecular formula is C14H30N2O. The maximum Gasteiger partial charge on any atom is 0.0766 e. The van der Waals surface area contributed by atoms with Gasteiger partial charge in [0.1, 0.15) is 0 Å². The topological polar surface area (TPSA) is 35.5 Å². The van der Waals surface area contributed by atoms with Crippen LogP contribution in [0.5, 0.6) is 0 Å². The predicted molar refractivity (Wildman–Crippen MR) is 73.2 cm³/mol. The van der Waals surface area contributed by atoms with Crippen LogP contribution in [0.4, 0.5) is 0 Å². The highest BCUT2D eigenvalue weighted by Gasteiger charge is 2.21. The van der Waals surface area contributed by atoms with Crippen LogP contribution in [0.15, 0.2) is 0 Å². The van der Waals surface area contributed by atoms with Gasteiger partial charge in [-0.05, 0) is 64.7 Å². The minimum absolute atomic E-state index is 0.493. The summed E-state index contributed by atoms with van der Waals surface area (Å²) in [6, 6.07) is 0. The number of likely N-dealkylation sites (tertiary alicyclic amines) is 1. The highest BCUT2D eigenvalue weighted by Crippen LogP contribution is 2.19. The number of hydrogen-bond acceptors (Lipinski definition) is 3. The van der Waals surface area contributed by atoms with Crippen molar-refractivity contribution in [3.05, 3.63) is 0 Å². The van der Waals surface area contributed by atoms with Crippen molar-refractivity contribution in [1.29, 1.82) is 0 Å². The molecule has 1 heterocycles. The van der Waals surface area contributed by atoms with Crippen LogP contribution in [0, 0.1) is 5.92 Å². The lowest BCUT2D eigenvalue weighted by atomic mass is 9.93. The van der Waals surface area contributed by atoms with Crippen molar-refractivity contribution in [3.8, 4) is 0 Å². The summed E-state index contributed by atoms with van der Waals surface area (Å²) >= 11 is 0. The van der Waals surface area contributed by atoms with Crippen molar-refractivity contribution >= 4 is 0 Å². The summed E-state index contributed by atoms with van der Waals surface area (Å²) in [5, 5.41) is 13.6. The van der Waals surface area contributed by atoms with Gasteiger partial charge >= 0.3 is 0 Å². The van der Waals surface area contributed by atoms with Gasteiger partial charge in [0.15, 0.2) is 0 Å². The second-order valence-corrected chi connectivity index (χ2v) is 5.64. The minimum Gasteiger partial charge on any atom is -0.389 e. The summed E-state index contributed by atoms with van der Waals surface area (Å²) in [5.74, 6) is 0.884. The van der Waals surface area contributed by atoms with Gasteiger partial charge in [-0.15, -0.1) is 0 Å². The molecule has 0 aromatic heterocycles. The SMILES string of the molecule is CCC(O)(CC)CNCCC1CCN(C)CC1. The standard InChI is InChI=1S/C14H30N2O/c1-4-14(17,5-2)12-15-9-6-13-7-10-16(3)11-8-13/h13,15,17H,4-12H2,1-3H3. The zero-order chi connectivity index (χ0) is 12.7. The van der Waals surface area contributed by atoms with E-state index in [9.17, 15) is 5.11 Å². The van der Waals surface area contributed by atoms with E-state index in [1.54, 1.807) is 0 Å². The van der Waals surface area contributed by atoms with E-state index in [2.05, 4.69) is 31.1 Å². The molecule has 102 valence electrons. The van der Waals surface area contributed by atoms with Crippen LogP contribution in [0.1, 0.15) is 46.0 Å². The molecule has 17 heavy (non-hydrogen) atoms. The summed E-state index contributed by atoms with van der Waals surface area (Å²) in [4.78, 5) is 2.41. The molecule has 0 bridgehead atoms.